The number of amides is 2. The lowest BCUT2D eigenvalue weighted by Crippen LogP contribution is -2.33. The number of hydrogen-bond donors (Lipinski definition) is 2. The van der Waals surface area contributed by atoms with E-state index in [2.05, 4.69) is 12.2 Å². The Kier molecular flexibility index (Phi) is 4.18. The minimum absolute atomic E-state index is 0.0475. The summed E-state index contributed by atoms with van der Waals surface area (Å²) < 4.78 is 0. The molecule has 2 rings (SSSR count). The summed E-state index contributed by atoms with van der Waals surface area (Å²) in [5.41, 5.74) is 0.432. The largest absolute Gasteiger partial charge is 0.478 e. The van der Waals surface area contributed by atoms with Gasteiger partial charge in [0.2, 0.25) is 0 Å². The molecule has 0 radical (unpaired) electrons. The zero-order chi connectivity index (χ0) is 14.9. The van der Waals surface area contributed by atoms with E-state index >= 15 is 0 Å². The molecule has 0 aliphatic heterocycles. The average molecular weight is 297 g/mol. The highest BCUT2D eigenvalue weighted by Crippen LogP contribution is 2.38. The molecule has 1 aromatic rings. The molecule has 6 heteroatoms. The minimum atomic E-state index is -1.08. The standard InChI is InChI=1S/C14H17ClN2O3/c1-8-3-10(8)7-17(2)14(20)16-12-5-9(13(18)19)4-11(15)6-12/h4-6,8,10H,3,7H2,1-2H3,(H,16,20)(H,18,19). The SMILES string of the molecule is CC1CC1CN(C)C(=O)Nc1cc(Cl)cc(C(=O)O)c1. The smallest absolute Gasteiger partial charge is 0.335 e. The lowest BCUT2D eigenvalue weighted by atomic mass is 10.2. The second-order valence-electron chi connectivity index (χ2n) is 5.32. The van der Waals surface area contributed by atoms with Crippen LogP contribution in [0.2, 0.25) is 5.02 Å². The maximum Gasteiger partial charge on any atom is 0.335 e. The topological polar surface area (TPSA) is 69.6 Å². The number of carbonyl (C=O) groups excluding carboxylic acids is 1. The molecule has 108 valence electrons. The van der Waals surface area contributed by atoms with Crippen LogP contribution in [-0.4, -0.2) is 35.6 Å². The van der Waals surface area contributed by atoms with E-state index in [-0.39, 0.29) is 16.6 Å². The first kappa shape index (κ1) is 14.7. The van der Waals surface area contributed by atoms with Crippen molar-refractivity contribution in [3.63, 3.8) is 0 Å². The third-order valence-electron chi connectivity index (χ3n) is 3.53. The van der Waals surface area contributed by atoms with Gasteiger partial charge in [0.25, 0.3) is 0 Å². The van der Waals surface area contributed by atoms with Crippen LogP contribution in [0, 0.1) is 11.8 Å². The van der Waals surface area contributed by atoms with Crippen molar-refractivity contribution < 1.29 is 14.7 Å². The van der Waals surface area contributed by atoms with Crippen LogP contribution in [0.1, 0.15) is 23.7 Å². The summed E-state index contributed by atoms with van der Waals surface area (Å²) in [6.45, 7) is 2.87. The molecule has 2 N–H and O–H groups in total. The Hall–Kier alpha value is -1.75. The van der Waals surface area contributed by atoms with E-state index in [1.165, 1.54) is 18.2 Å². The van der Waals surface area contributed by atoms with Gasteiger partial charge in [-0.3, -0.25) is 0 Å². The number of carbonyl (C=O) groups is 2. The fourth-order valence-electron chi connectivity index (χ4n) is 2.09. The van der Waals surface area contributed by atoms with Gasteiger partial charge in [-0.2, -0.15) is 0 Å². The monoisotopic (exact) mass is 296 g/mol. The van der Waals surface area contributed by atoms with E-state index in [9.17, 15) is 9.59 Å². The molecular formula is C14H17ClN2O3. The number of nitrogens with one attached hydrogen (secondary N) is 1. The van der Waals surface area contributed by atoms with Crippen LogP contribution >= 0.6 is 11.6 Å². The summed E-state index contributed by atoms with van der Waals surface area (Å²) in [7, 11) is 1.73. The maximum absolute atomic E-state index is 12.0. The van der Waals surface area contributed by atoms with Crippen LogP contribution in [0.5, 0.6) is 0 Å². The van der Waals surface area contributed by atoms with Crippen molar-refractivity contribution in [2.24, 2.45) is 11.8 Å². The third kappa shape index (κ3) is 3.63. The highest BCUT2D eigenvalue weighted by Gasteiger charge is 2.34. The number of aromatic carboxylic acids is 1. The van der Waals surface area contributed by atoms with Crippen LogP contribution in [0.4, 0.5) is 10.5 Å². The Bertz CT molecular complexity index is 547. The van der Waals surface area contributed by atoms with E-state index < -0.39 is 5.97 Å². The van der Waals surface area contributed by atoms with Crippen LogP contribution < -0.4 is 5.32 Å². The fraction of sp³-hybridized carbons (Fsp3) is 0.429. The van der Waals surface area contributed by atoms with Crippen LogP contribution in [0.25, 0.3) is 0 Å². The van der Waals surface area contributed by atoms with E-state index in [4.69, 9.17) is 16.7 Å². The van der Waals surface area contributed by atoms with Gasteiger partial charge in [0, 0.05) is 24.3 Å². The number of carboxylic acid groups (broad SMARTS) is 1. The first-order chi connectivity index (χ1) is 9.36. The summed E-state index contributed by atoms with van der Waals surface area (Å²) in [4.78, 5) is 24.5. The molecule has 0 saturated heterocycles. The lowest BCUT2D eigenvalue weighted by Gasteiger charge is -2.18. The Morgan fingerprint density at radius 2 is 2.10 bits per heavy atom. The fourth-order valence-corrected chi connectivity index (χ4v) is 2.33. The van der Waals surface area contributed by atoms with Gasteiger partial charge in [-0.1, -0.05) is 18.5 Å². The summed E-state index contributed by atoms with van der Waals surface area (Å²) in [5, 5.41) is 11.9. The third-order valence-corrected chi connectivity index (χ3v) is 3.75. The van der Waals surface area contributed by atoms with E-state index in [1.54, 1.807) is 11.9 Å². The Morgan fingerprint density at radius 3 is 2.65 bits per heavy atom. The Balaban J connectivity index is 2.01. The van der Waals surface area contributed by atoms with Gasteiger partial charge in [-0.25, -0.2) is 9.59 Å². The van der Waals surface area contributed by atoms with Gasteiger partial charge in [-0.05, 0) is 36.5 Å². The molecule has 5 nitrogen and oxygen atoms in total. The number of carboxylic acids is 1. The molecule has 1 aliphatic carbocycles. The molecule has 0 heterocycles. The van der Waals surface area contributed by atoms with Gasteiger partial charge < -0.3 is 15.3 Å². The molecule has 20 heavy (non-hydrogen) atoms. The number of halogens is 1. The first-order valence-electron chi connectivity index (χ1n) is 6.43. The zero-order valence-corrected chi connectivity index (χ0v) is 12.1. The van der Waals surface area contributed by atoms with Crippen molar-refractivity contribution in [3.8, 4) is 0 Å². The Labute approximate surface area is 122 Å². The highest BCUT2D eigenvalue weighted by atomic mass is 35.5. The molecule has 1 aliphatic rings. The minimum Gasteiger partial charge on any atom is -0.478 e. The van der Waals surface area contributed by atoms with E-state index in [0.29, 0.717) is 24.1 Å². The second kappa shape index (κ2) is 5.71. The molecule has 1 saturated carbocycles. The predicted molar refractivity (Wildman–Crippen MR) is 77.3 cm³/mol. The molecule has 2 unspecified atom stereocenters. The quantitative estimate of drug-likeness (QED) is 0.896. The number of hydrogen-bond acceptors (Lipinski definition) is 2. The van der Waals surface area contributed by atoms with Crippen molar-refractivity contribution in [3.05, 3.63) is 28.8 Å². The van der Waals surface area contributed by atoms with Crippen molar-refractivity contribution >= 4 is 29.3 Å². The zero-order valence-electron chi connectivity index (χ0n) is 11.4. The predicted octanol–water partition coefficient (Wildman–Crippen LogP) is 3.16. The number of benzene rings is 1. The number of urea groups is 1. The number of nitrogens with zero attached hydrogens (tertiary/aromatic N) is 1. The maximum atomic E-state index is 12.0. The number of rotatable bonds is 4. The van der Waals surface area contributed by atoms with Gasteiger partial charge in [0.1, 0.15) is 0 Å². The molecule has 0 bridgehead atoms. The van der Waals surface area contributed by atoms with Gasteiger partial charge in [0.15, 0.2) is 0 Å². The molecule has 1 fully saturated rings. The first-order valence-corrected chi connectivity index (χ1v) is 6.80. The molecule has 2 amide bonds. The summed E-state index contributed by atoms with van der Waals surface area (Å²) in [6.07, 6.45) is 1.15. The van der Waals surface area contributed by atoms with Crippen LogP contribution in [0.3, 0.4) is 0 Å². The number of anilines is 1. The normalized spacial score (nSPS) is 20.4. The molecule has 0 spiro atoms. The van der Waals surface area contributed by atoms with Gasteiger partial charge in [-0.15, -0.1) is 0 Å². The van der Waals surface area contributed by atoms with Crippen molar-refractivity contribution in [1.82, 2.24) is 4.90 Å². The van der Waals surface area contributed by atoms with Crippen molar-refractivity contribution in [2.45, 2.75) is 13.3 Å². The summed E-state index contributed by atoms with van der Waals surface area (Å²) in [6, 6.07) is 4.00. The molecule has 0 aromatic heterocycles. The van der Waals surface area contributed by atoms with Gasteiger partial charge in [0.05, 0.1) is 5.56 Å². The van der Waals surface area contributed by atoms with Crippen LogP contribution in [0.15, 0.2) is 18.2 Å². The average Bonchev–Trinajstić information content (AvgIpc) is 3.03. The lowest BCUT2D eigenvalue weighted by molar-refractivity contribution is 0.0697. The van der Waals surface area contributed by atoms with Gasteiger partial charge >= 0.3 is 12.0 Å². The molecule has 2 atom stereocenters. The second-order valence-corrected chi connectivity index (χ2v) is 5.75. The molecular weight excluding hydrogens is 280 g/mol. The van der Waals surface area contributed by atoms with E-state index in [0.717, 1.165) is 6.42 Å². The van der Waals surface area contributed by atoms with Crippen molar-refractivity contribution in [2.75, 3.05) is 18.9 Å². The highest BCUT2D eigenvalue weighted by molar-refractivity contribution is 6.31. The summed E-state index contributed by atoms with van der Waals surface area (Å²) >= 11 is 5.84. The van der Waals surface area contributed by atoms with E-state index in [1.807, 2.05) is 0 Å². The Morgan fingerprint density at radius 1 is 1.45 bits per heavy atom. The molecule has 1 aromatic carbocycles. The van der Waals surface area contributed by atoms with Crippen LogP contribution in [-0.2, 0) is 0 Å². The van der Waals surface area contributed by atoms with Crippen molar-refractivity contribution in [1.29, 1.82) is 0 Å². The summed E-state index contributed by atoms with van der Waals surface area (Å²) in [5.74, 6) is 0.165.